The summed E-state index contributed by atoms with van der Waals surface area (Å²) in [6.45, 7) is 0. The third kappa shape index (κ3) is 4.35. The van der Waals surface area contributed by atoms with Crippen LogP contribution in [0.1, 0.15) is 5.76 Å². The highest BCUT2D eigenvalue weighted by Crippen LogP contribution is 2.23. The lowest BCUT2D eigenvalue weighted by Gasteiger charge is -1.96. The molecule has 0 fully saturated rings. The Bertz CT molecular complexity index is 779. The monoisotopic (exact) mass is 318 g/mol. The summed E-state index contributed by atoms with van der Waals surface area (Å²) in [4.78, 5) is 20.2. The van der Waals surface area contributed by atoms with Crippen LogP contribution in [-0.2, 0) is 0 Å². The third-order valence-corrected chi connectivity index (χ3v) is 2.55. The van der Waals surface area contributed by atoms with E-state index in [1.165, 1.54) is 18.3 Å². The first-order chi connectivity index (χ1) is 11.0. The molecular formula is C12H10N6O5. The van der Waals surface area contributed by atoms with Crippen molar-refractivity contribution in [3.63, 3.8) is 0 Å². The summed E-state index contributed by atoms with van der Waals surface area (Å²) < 4.78 is 5.45. The minimum Gasteiger partial charge on any atom is -0.455 e. The highest BCUT2D eigenvalue weighted by atomic mass is 16.7. The number of nitrogens with one attached hydrogen (secondary N) is 1. The van der Waals surface area contributed by atoms with Crippen molar-refractivity contribution in [2.75, 3.05) is 0 Å². The van der Waals surface area contributed by atoms with Crippen molar-refractivity contribution in [2.24, 2.45) is 15.9 Å². The number of benzene rings is 1. The number of nitro groups is 2. The molecule has 2 aromatic rings. The highest BCUT2D eigenvalue weighted by Gasteiger charge is 2.07. The van der Waals surface area contributed by atoms with Gasteiger partial charge in [0.25, 0.3) is 11.6 Å². The van der Waals surface area contributed by atoms with Crippen molar-refractivity contribution < 1.29 is 14.4 Å². The molecule has 11 heteroatoms. The van der Waals surface area contributed by atoms with Crippen molar-refractivity contribution in [3.05, 3.63) is 62.4 Å². The van der Waals surface area contributed by atoms with Crippen LogP contribution in [0.15, 0.2) is 51.0 Å². The predicted molar refractivity (Wildman–Crippen MR) is 80.1 cm³/mol. The Labute approximate surface area is 128 Å². The first kappa shape index (κ1) is 15.6. The number of furan rings is 1. The Morgan fingerprint density at radius 1 is 1.17 bits per heavy atom. The molecule has 0 unspecified atom stereocenters. The van der Waals surface area contributed by atoms with E-state index in [9.17, 15) is 20.2 Å². The largest absolute Gasteiger partial charge is 0.455 e. The zero-order valence-corrected chi connectivity index (χ0v) is 11.4. The van der Waals surface area contributed by atoms with Gasteiger partial charge in [0.15, 0.2) is 5.03 Å². The lowest BCUT2D eigenvalue weighted by atomic mass is 10.1. The summed E-state index contributed by atoms with van der Waals surface area (Å²) in [7, 11) is 0. The predicted octanol–water partition coefficient (Wildman–Crippen LogP) is 1.28. The number of nitrogens with two attached hydrogens (primary N) is 1. The van der Waals surface area contributed by atoms with E-state index in [0.717, 1.165) is 0 Å². The number of hydrogen-bond donors (Lipinski definition) is 2. The standard InChI is InChI=1S/C12H10N6O5/c13-12(16-18(21)22)15-14-7-10-5-6-11(23-10)8-1-3-9(4-2-8)17(19)20/h1-7H,(H3,13,15,16)/b14-7+. The number of nitrogens with zero attached hydrogens (tertiary/aromatic N) is 4. The van der Waals surface area contributed by atoms with Crippen LogP contribution in [0.2, 0.25) is 0 Å². The maximum Gasteiger partial charge on any atom is 0.275 e. The van der Waals surface area contributed by atoms with Crippen molar-refractivity contribution in [3.8, 4) is 11.3 Å². The molecule has 11 nitrogen and oxygen atoms in total. The molecule has 0 radical (unpaired) electrons. The van der Waals surface area contributed by atoms with Gasteiger partial charge in [-0.3, -0.25) is 10.1 Å². The van der Waals surface area contributed by atoms with Gasteiger partial charge in [-0.2, -0.15) is 5.10 Å². The Hall–Kier alpha value is -3.76. The molecule has 0 saturated carbocycles. The van der Waals surface area contributed by atoms with Gasteiger partial charge in [-0.1, -0.05) is 5.43 Å². The molecule has 1 heterocycles. The van der Waals surface area contributed by atoms with Crippen LogP contribution in [0.5, 0.6) is 0 Å². The van der Waals surface area contributed by atoms with Gasteiger partial charge in [-0.15, -0.1) is 5.10 Å². The van der Waals surface area contributed by atoms with E-state index in [4.69, 9.17) is 10.2 Å². The van der Waals surface area contributed by atoms with Gasteiger partial charge in [0.05, 0.1) is 11.1 Å². The summed E-state index contributed by atoms with van der Waals surface area (Å²) in [6, 6.07) is 9.06. The molecule has 0 bridgehead atoms. The molecule has 1 aromatic heterocycles. The maximum absolute atomic E-state index is 10.6. The lowest BCUT2D eigenvalue weighted by Crippen LogP contribution is -2.35. The van der Waals surface area contributed by atoms with E-state index in [0.29, 0.717) is 17.1 Å². The molecule has 0 spiro atoms. The van der Waals surface area contributed by atoms with E-state index in [-0.39, 0.29) is 5.69 Å². The normalized spacial score (nSPS) is 11.6. The van der Waals surface area contributed by atoms with E-state index in [2.05, 4.69) is 10.2 Å². The fraction of sp³-hybridized carbons (Fsp3) is 0. The van der Waals surface area contributed by atoms with Crippen molar-refractivity contribution in [2.45, 2.75) is 0 Å². The topological polar surface area (TPSA) is 162 Å². The van der Waals surface area contributed by atoms with Crippen LogP contribution in [0, 0.1) is 20.2 Å². The lowest BCUT2D eigenvalue weighted by molar-refractivity contribution is -0.525. The van der Waals surface area contributed by atoms with E-state index in [1.54, 1.807) is 29.7 Å². The average molecular weight is 318 g/mol. The van der Waals surface area contributed by atoms with E-state index >= 15 is 0 Å². The first-order valence-electron chi connectivity index (χ1n) is 6.08. The summed E-state index contributed by atoms with van der Waals surface area (Å²) in [5.41, 5.74) is 7.42. The second-order valence-electron chi connectivity index (χ2n) is 4.10. The van der Waals surface area contributed by atoms with Crippen LogP contribution >= 0.6 is 0 Å². The van der Waals surface area contributed by atoms with E-state index < -0.39 is 15.9 Å². The Morgan fingerprint density at radius 2 is 1.87 bits per heavy atom. The second-order valence-corrected chi connectivity index (χ2v) is 4.10. The molecule has 0 aliphatic carbocycles. The molecule has 23 heavy (non-hydrogen) atoms. The molecule has 118 valence electrons. The molecule has 3 N–H and O–H groups in total. The van der Waals surface area contributed by atoms with Gasteiger partial charge in [0.1, 0.15) is 11.5 Å². The van der Waals surface area contributed by atoms with Crippen molar-refractivity contribution in [1.29, 1.82) is 0 Å². The van der Waals surface area contributed by atoms with Gasteiger partial charge >= 0.3 is 0 Å². The van der Waals surface area contributed by atoms with Gasteiger partial charge < -0.3 is 10.2 Å². The van der Waals surface area contributed by atoms with Gasteiger partial charge in [0, 0.05) is 17.7 Å². The number of rotatable bonds is 5. The van der Waals surface area contributed by atoms with Crippen LogP contribution < -0.4 is 11.2 Å². The number of guanidine groups is 1. The average Bonchev–Trinajstić information content (AvgIpc) is 2.95. The van der Waals surface area contributed by atoms with Crippen molar-refractivity contribution in [1.82, 2.24) is 5.43 Å². The summed E-state index contributed by atoms with van der Waals surface area (Å²) >= 11 is 0. The quantitative estimate of drug-likeness (QED) is 0.363. The fourth-order valence-electron chi connectivity index (χ4n) is 1.59. The van der Waals surface area contributed by atoms with E-state index in [1.807, 2.05) is 0 Å². The highest BCUT2D eigenvalue weighted by molar-refractivity contribution is 5.80. The van der Waals surface area contributed by atoms with Crippen LogP contribution in [0.25, 0.3) is 11.3 Å². The number of hydrogen-bond acceptors (Lipinski definition) is 7. The minimum atomic E-state index is -0.867. The minimum absolute atomic E-state index is 0.0230. The Kier molecular flexibility index (Phi) is 4.62. The number of hydrazine groups is 1. The molecule has 0 amide bonds. The number of non-ortho nitro benzene ring substituents is 1. The second kappa shape index (κ2) is 6.80. The first-order valence-corrected chi connectivity index (χ1v) is 6.08. The molecule has 1 aromatic carbocycles. The summed E-state index contributed by atoms with van der Waals surface area (Å²) in [5.74, 6) is 0.325. The maximum atomic E-state index is 10.6. The zero-order valence-electron chi connectivity index (χ0n) is 11.4. The molecule has 0 aliphatic heterocycles. The summed E-state index contributed by atoms with van der Waals surface area (Å²) in [5, 5.41) is 26.7. The smallest absolute Gasteiger partial charge is 0.275 e. The molecule has 0 aliphatic rings. The molecule has 2 rings (SSSR count). The summed E-state index contributed by atoms with van der Waals surface area (Å²) in [6.07, 6.45) is 1.21. The van der Waals surface area contributed by atoms with Crippen LogP contribution in [0.4, 0.5) is 5.69 Å². The van der Waals surface area contributed by atoms with Gasteiger partial charge in [0.2, 0.25) is 0 Å². The molecule has 0 saturated heterocycles. The molecular weight excluding hydrogens is 308 g/mol. The van der Waals surface area contributed by atoms with Crippen molar-refractivity contribution >= 4 is 17.9 Å². The molecule has 0 atom stereocenters. The van der Waals surface area contributed by atoms with Crippen LogP contribution in [0.3, 0.4) is 0 Å². The Balaban J connectivity index is 2.08. The SMILES string of the molecule is N/C(=N/N=C/c1ccc(-c2ccc([N+](=O)[O-])cc2)o1)N[N+](=O)[O-]. The Morgan fingerprint density at radius 3 is 2.48 bits per heavy atom. The van der Waals surface area contributed by atoms with Crippen LogP contribution in [-0.4, -0.2) is 22.1 Å². The zero-order chi connectivity index (χ0) is 16.8. The van der Waals surface area contributed by atoms with Gasteiger partial charge in [-0.05, 0) is 24.3 Å². The third-order valence-electron chi connectivity index (χ3n) is 2.55. The number of nitro benzene ring substituents is 1. The fourth-order valence-corrected chi connectivity index (χ4v) is 1.59. The van der Waals surface area contributed by atoms with Gasteiger partial charge in [-0.25, -0.2) is 10.1 Å².